The summed E-state index contributed by atoms with van der Waals surface area (Å²) in [5.74, 6) is 0.398. The van der Waals surface area contributed by atoms with Crippen LogP contribution in [0.5, 0.6) is 0 Å². The Morgan fingerprint density at radius 1 is 1.32 bits per heavy atom. The molecule has 1 aromatic carbocycles. The highest BCUT2D eigenvalue weighted by atomic mass is 79.9. The van der Waals surface area contributed by atoms with Crippen LogP contribution in [-0.2, 0) is 10.2 Å². The van der Waals surface area contributed by atoms with Crippen molar-refractivity contribution in [3.63, 3.8) is 0 Å². The molecule has 0 atom stereocenters. The molecule has 19 heavy (non-hydrogen) atoms. The molecule has 0 amide bonds. The van der Waals surface area contributed by atoms with Crippen LogP contribution in [0.4, 0.5) is 0 Å². The summed E-state index contributed by atoms with van der Waals surface area (Å²) in [6.07, 6.45) is 5.55. The number of hydrogen-bond donors (Lipinski definition) is 1. The summed E-state index contributed by atoms with van der Waals surface area (Å²) in [5, 5.41) is 7.85. The molecule has 0 radical (unpaired) electrons. The van der Waals surface area contributed by atoms with Gasteiger partial charge in [-0.15, -0.1) is 12.4 Å². The van der Waals surface area contributed by atoms with Crippen LogP contribution in [0.25, 0.3) is 0 Å². The number of nitrogens with one attached hydrogen (secondary N) is 1. The van der Waals surface area contributed by atoms with Crippen molar-refractivity contribution in [3.8, 4) is 0 Å². The average molecular weight is 347 g/mol. The summed E-state index contributed by atoms with van der Waals surface area (Å²) in [6.45, 7) is 2.12. The Balaban J connectivity index is 0.00000180. The van der Waals surface area contributed by atoms with Gasteiger partial charge in [0.25, 0.3) is 0 Å². The minimum atomic E-state index is 0. The molecule has 1 aromatic rings. The molecular formula is C15H21BrClNO. The van der Waals surface area contributed by atoms with E-state index in [1.807, 2.05) is 0 Å². The molecule has 2 rings (SSSR count). The van der Waals surface area contributed by atoms with Crippen molar-refractivity contribution in [2.45, 2.75) is 44.4 Å². The molecule has 1 aliphatic rings. The molecule has 0 saturated heterocycles. The molecule has 1 fully saturated rings. The van der Waals surface area contributed by atoms with Gasteiger partial charge in [0.2, 0.25) is 0 Å². The Labute approximate surface area is 130 Å². The highest BCUT2D eigenvalue weighted by Gasteiger charge is 2.37. The zero-order chi connectivity index (χ0) is 13.2. The summed E-state index contributed by atoms with van der Waals surface area (Å²) in [4.78, 5) is 0. The predicted molar refractivity (Wildman–Crippen MR) is 85.6 cm³/mol. The normalized spacial score (nSPS) is 16.8. The minimum Gasteiger partial charge on any atom is -0.484 e. The van der Waals surface area contributed by atoms with Gasteiger partial charge in [-0.2, -0.15) is 0 Å². The van der Waals surface area contributed by atoms with Gasteiger partial charge in [-0.1, -0.05) is 34.8 Å². The molecule has 0 aromatic heterocycles. The fourth-order valence-electron chi connectivity index (χ4n) is 3.04. The molecule has 1 N–H and O–H groups in total. The van der Waals surface area contributed by atoms with Gasteiger partial charge in [-0.05, 0) is 43.0 Å². The third kappa shape index (κ3) is 3.73. The second-order valence-electron chi connectivity index (χ2n) is 5.31. The van der Waals surface area contributed by atoms with E-state index in [4.69, 9.17) is 10.1 Å². The number of methoxy groups -OCH3 is 1. The van der Waals surface area contributed by atoms with Crippen LogP contribution in [0.2, 0.25) is 0 Å². The molecule has 0 spiro atoms. The Bertz CT molecular complexity index is 435. The van der Waals surface area contributed by atoms with E-state index >= 15 is 0 Å². The lowest BCUT2D eigenvalue weighted by atomic mass is 9.75. The van der Waals surface area contributed by atoms with Crippen molar-refractivity contribution >= 4 is 34.2 Å². The van der Waals surface area contributed by atoms with E-state index in [2.05, 4.69) is 41.1 Å². The van der Waals surface area contributed by atoms with E-state index < -0.39 is 0 Å². The van der Waals surface area contributed by atoms with Gasteiger partial charge in [-0.3, -0.25) is 5.41 Å². The molecular weight excluding hydrogens is 326 g/mol. The van der Waals surface area contributed by atoms with E-state index in [9.17, 15) is 0 Å². The van der Waals surface area contributed by atoms with Crippen molar-refractivity contribution in [2.24, 2.45) is 0 Å². The van der Waals surface area contributed by atoms with Gasteiger partial charge in [-0.25, -0.2) is 0 Å². The molecule has 2 nitrogen and oxygen atoms in total. The van der Waals surface area contributed by atoms with Gasteiger partial charge in [0.05, 0.1) is 7.11 Å². The molecule has 0 aliphatic heterocycles. The Kier molecular flexibility index (Phi) is 5.87. The largest absolute Gasteiger partial charge is 0.484 e. The molecule has 0 bridgehead atoms. The minimum absolute atomic E-state index is 0. The summed E-state index contributed by atoms with van der Waals surface area (Å²) in [7, 11) is 1.59. The molecule has 4 heteroatoms. The first-order valence-electron chi connectivity index (χ1n) is 6.45. The van der Waals surface area contributed by atoms with Gasteiger partial charge in [0.1, 0.15) is 0 Å². The Hall–Kier alpha value is -0.540. The van der Waals surface area contributed by atoms with Crippen LogP contribution in [-0.4, -0.2) is 13.0 Å². The van der Waals surface area contributed by atoms with Gasteiger partial charge in [0, 0.05) is 16.3 Å². The average Bonchev–Trinajstić information content (AvgIpc) is 2.77. The number of hydrogen-bond acceptors (Lipinski definition) is 2. The zero-order valence-electron chi connectivity index (χ0n) is 11.5. The van der Waals surface area contributed by atoms with Crippen LogP contribution < -0.4 is 0 Å². The van der Waals surface area contributed by atoms with Gasteiger partial charge < -0.3 is 4.74 Å². The lowest BCUT2D eigenvalue weighted by Gasteiger charge is -2.30. The smallest absolute Gasteiger partial charge is 0.180 e. The van der Waals surface area contributed by atoms with Crippen molar-refractivity contribution in [1.82, 2.24) is 0 Å². The van der Waals surface area contributed by atoms with Crippen molar-refractivity contribution in [3.05, 3.63) is 33.8 Å². The highest BCUT2D eigenvalue weighted by Crippen LogP contribution is 2.45. The summed E-state index contributed by atoms with van der Waals surface area (Å²) < 4.78 is 6.22. The summed E-state index contributed by atoms with van der Waals surface area (Å²) in [6, 6.07) is 6.61. The van der Waals surface area contributed by atoms with Crippen molar-refractivity contribution in [1.29, 1.82) is 5.41 Å². The number of halogens is 2. The zero-order valence-corrected chi connectivity index (χ0v) is 13.9. The van der Waals surface area contributed by atoms with Crippen LogP contribution in [0.3, 0.4) is 0 Å². The molecule has 106 valence electrons. The maximum absolute atomic E-state index is 7.85. The van der Waals surface area contributed by atoms with Crippen molar-refractivity contribution < 1.29 is 4.74 Å². The first-order valence-corrected chi connectivity index (χ1v) is 7.24. The quantitative estimate of drug-likeness (QED) is 0.606. The monoisotopic (exact) mass is 345 g/mol. The maximum Gasteiger partial charge on any atom is 0.180 e. The first kappa shape index (κ1) is 16.5. The Morgan fingerprint density at radius 3 is 2.47 bits per heavy atom. The van der Waals surface area contributed by atoms with E-state index in [1.54, 1.807) is 7.11 Å². The van der Waals surface area contributed by atoms with E-state index in [-0.39, 0.29) is 17.8 Å². The predicted octanol–water partition coefficient (Wildman–Crippen LogP) is 5.00. The van der Waals surface area contributed by atoms with E-state index in [0.717, 1.165) is 23.7 Å². The standard InChI is InChI=1S/C15H20BrNO.ClH/c1-11-7-12(9-13(16)8-11)15(5-3-4-6-15)10-14(17)18-2;/h7-9,17H,3-6,10H2,1-2H3;1H. The SMILES string of the molecule is COC(=N)CC1(c2cc(C)cc(Br)c2)CCCC1.Cl. The lowest BCUT2D eigenvalue weighted by Crippen LogP contribution is -2.26. The van der Waals surface area contributed by atoms with Gasteiger partial charge in [0.15, 0.2) is 5.90 Å². The van der Waals surface area contributed by atoms with Crippen LogP contribution >= 0.6 is 28.3 Å². The molecule has 0 unspecified atom stereocenters. The molecule has 1 aliphatic carbocycles. The second kappa shape index (κ2) is 6.76. The highest BCUT2D eigenvalue weighted by molar-refractivity contribution is 9.10. The fraction of sp³-hybridized carbons (Fsp3) is 0.533. The molecule has 0 heterocycles. The third-order valence-corrected chi connectivity index (χ3v) is 4.42. The number of aryl methyl sites for hydroxylation is 1. The summed E-state index contributed by atoms with van der Waals surface area (Å²) in [5.41, 5.74) is 2.74. The van der Waals surface area contributed by atoms with Crippen LogP contribution in [0, 0.1) is 12.3 Å². The topological polar surface area (TPSA) is 33.1 Å². The first-order chi connectivity index (χ1) is 8.55. The fourth-order valence-corrected chi connectivity index (χ4v) is 3.65. The molecule has 1 saturated carbocycles. The van der Waals surface area contributed by atoms with Crippen LogP contribution in [0.1, 0.15) is 43.2 Å². The lowest BCUT2D eigenvalue weighted by molar-refractivity contribution is 0.350. The van der Waals surface area contributed by atoms with Crippen LogP contribution in [0.15, 0.2) is 22.7 Å². The number of benzene rings is 1. The number of ether oxygens (including phenoxy) is 1. The summed E-state index contributed by atoms with van der Waals surface area (Å²) >= 11 is 3.58. The third-order valence-electron chi connectivity index (χ3n) is 3.96. The maximum atomic E-state index is 7.85. The van der Waals surface area contributed by atoms with Gasteiger partial charge >= 0.3 is 0 Å². The van der Waals surface area contributed by atoms with E-state index in [1.165, 1.54) is 24.0 Å². The number of rotatable bonds is 3. The Morgan fingerprint density at radius 2 is 1.95 bits per heavy atom. The van der Waals surface area contributed by atoms with E-state index in [0.29, 0.717) is 5.90 Å². The second-order valence-corrected chi connectivity index (χ2v) is 6.22. The van der Waals surface area contributed by atoms with Crippen molar-refractivity contribution in [2.75, 3.05) is 7.11 Å².